The maximum atomic E-state index is 12.5. The van der Waals surface area contributed by atoms with E-state index in [-0.39, 0.29) is 23.7 Å². The first kappa shape index (κ1) is 15.3. The van der Waals surface area contributed by atoms with Crippen LogP contribution in [0.4, 0.5) is 0 Å². The van der Waals surface area contributed by atoms with E-state index in [9.17, 15) is 4.79 Å². The Morgan fingerprint density at radius 2 is 1.95 bits per heavy atom. The first-order valence-corrected chi connectivity index (χ1v) is 8.71. The van der Waals surface area contributed by atoms with Crippen LogP contribution in [0, 0.1) is 11.8 Å². The molecule has 2 aliphatic carbocycles. The number of hydrogen-bond acceptors (Lipinski definition) is 3. The Bertz CT molecular complexity index is 358. The quantitative estimate of drug-likeness (QED) is 0.749. The fraction of sp³-hybridized carbons (Fsp3) is 0.941. The second-order valence-electron chi connectivity index (χ2n) is 7.04. The van der Waals surface area contributed by atoms with E-state index in [0.29, 0.717) is 18.4 Å². The lowest BCUT2D eigenvalue weighted by Gasteiger charge is -2.35. The molecule has 1 amide bonds. The van der Waals surface area contributed by atoms with Crippen LogP contribution in [0.15, 0.2) is 0 Å². The summed E-state index contributed by atoms with van der Waals surface area (Å²) in [4.78, 5) is 12.5. The highest BCUT2D eigenvalue weighted by atomic mass is 16.5. The molecule has 2 saturated carbocycles. The van der Waals surface area contributed by atoms with Crippen LogP contribution in [-0.4, -0.2) is 36.9 Å². The van der Waals surface area contributed by atoms with Crippen LogP contribution in [0.2, 0.25) is 0 Å². The molecular formula is C17H29NO3. The second-order valence-corrected chi connectivity index (χ2v) is 7.04. The van der Waals surface area contributed by atoms with Gasteiger partial charge >= 0.3 is 0 Å². The van der Waals surface area contributed by atoms with Crippen LogP contribution < -0.4 is 5.32 Å². The van der Waals surface area contributed by atoms with Crippen LogP contribution in [0.25, 0.3) is 0 Å². The summed E-state index contributed by atoms with van der Waals surface area (Å²) in [7, 11) is 0. The van der Waals surface area contributed by atoms with Crippen molar-refractivity contribution in [3.05, 3.63) is 0 Å². The maximum Gasteiger partial charge on any atom is 0.249 e. The van der Waals surface area contributed by atoms with Crippen molar-refractivity contribution >= 4 is 5.91 Å². The van der Waals surface area contributed by atoms with E-state index < -0.39 is 0 Å². The lowest BCUT2D eigenvalue weighted by molar-refractivity contribution is -0.136. The summed E-state index contributed by atoms with van der Waals surface area (Å²) in [6, 6.07) is 0. The normalized spacial score (nSPS) is 27.6. The summed E-state index contributed by atoms with van der Waals surface area (Å²) < 4.78 is 11.3. The minimum absolute atomic E-state index is 0.0541. The molecule has 1 saturated heterocycles. The highest BCUT2D eigenvalue weighted by Crippen LogP contribution is 2.53. The molecule has 0 aromatic heterocycles. The molecule has 2 unspecified atom stereocenters. The van der Waals surface area contributed by atoms with Crippen molar-refractivity contribution in [2.75, 3.05) is 13.2 Å². The largest absolute Gasteiger partial charge is 0.376 e. The number of ether oxygens (including phenoxy) is 2. The third kappa shape index (κ3) is 3.42. The van der Waals surface area contributed by atoms with E-state index in [1.54, 1.807) is 0 Å². The van der Waals surface area contributed by atoms with Crippen LogP contribution in [0.1, 0.15) is 58.8 Å². The van der Waals surface area contributed by atoms with Gasteiger partial charge in [0.2, 0.25) is 5.91 Å². The monoisotopic (exact) mass is 295 g/mol. The van der Waals surface area contributed by atoms with Crippen molar-refractivity contribution < 1.29 is 14.3 Å². The Hall–Kier alpha value is -0.610. The van der Waals surface area contributed by atoms with Crippen molar-refractivity contribution in [3.8, 4) is 0 Å². The predicted octanol–water partition coefficient (Wildman–Crippen LogP) is 2.66. The van der Waals surface area contributed by atoms with E-state index in [4.69, 9.17) is 9.47 Å². The van der Waals surface area contributed by atoms with Gasteiger partial charge in [0.25, 0.3) is 0 Å². The summed E-state index contributed by atoms with van der Waals surface area (Å²) in [6.45, 7) is 5.46. The zero-order chi connectivity index (χ0) is 14.9. The van der Waals surface area contributed by atoms with Gasteiger partial charge in [0.05, 0.1) is 12.7 Å². The van der Waals surface area contributed by atoms with Crippen molar-refractivity contribution in [3.63, 3.8) is 0 Å². The minimum Gasteiger partial charge on any atom is -0.376 e. The van der Waals surface area contributed by atoms with Gasteiger partial charge < -0.3 is 14.8 Å². The molecule has 1 heterocycles. The Morgan fingerprint density at radius 1 is 1.29 bits per heavy atom. The molecule has 0 radical (unpaired) electrons. The average molecular weight is 295 g/mol. The lowest BCUT2D eigenvalue weighted by Crippen LogP contribution is -2.54. The standard InChI is InChI=1S/C17H29NO3/c1-3-17(13-6-7-13,14-8-9-14)18-16(19)12(2)21-11-15-5-4-10-20-15/h12-15H,3-11H2,1-2H3,(H,18,19). The Labute approximate surface area is 127 Å². The van der Waals surface area contributed by atoms with Gasteiger partial charge in [0, 0.05) is 12.1 Å². The Balaban J connectivity index is 1.51. The lowest BCUT2D eigenvalue weighted by atomic mass is 9.84. The van der Waals surface area contributed by atoms with Crippen molar-refractivity contribution in [2.24, 2.45) is 11.8 Å². The average Bonchev–Trinajstić information content (AvgIpc) is 3.41. The Kier molecular flexibility index (Phi) is 4.55. The van der Waals surface area contributed by atoms with E-state index in [1.807, 2.05) is 6.92 Å². The highest BCUT2D eigenvalue weighted by molar-refractivity contribution is 5.81. The molecule has 1 aliphatic heterocycles. The molecule has 21 heavy (non-hydrogen) atoms. The van der Waals surface area contributed by atoms with Gasteiger partial charge in [-0.15, -0.1) is 0 Å². The first-order valence-electron chi connectivity index (χ1n) is 8.71. The number of rotatable bonds is 8. The summed E-state index contributed by atoms with van der Waals surface area (Å²) in [5.41, 5.74) is 0.0541. The van der Waals surface area contributed by atoms with Gasteiger partial charge in [-0.2, -0.15) is 0 Å². The van der Waals surface area contributed by atoms with Crippen LogP contribution in [-0.2, 0) is 14.3 Å². The number of amides is 1. The molecule has 3 rings (SSSR count). The second kappa shape index (κ2) is 6.25. The molecule has 0 spiro atoms. The fourth-order valence-corrected chi connectivity index (χ4v) is 3.83. The van der Waals surface area contributed by atoms with E-state index >= 15 is 0 Å². The molecule has 0 aromatic rings. The van der Waals surface area contributed by atoms with Crippen molar-refractivity contribution in [1.29, 1.82) is 0 Å². The van der Waals surface area contributed by atoms with E-state index in [0.717, 1.165) is 25.9 Å². The summed E-state index contributed by atoms with van der Waals surface area (Å²) in [6.07, 6.45) is 8.11. The molecule has 1 N–H and O–H groups in total. The van der Waals surface area contributed by atoms with Crippen LogP contribution in [0.5, 0.6) is 0 Å². The van der Waals surface area contributed by atoms with Gasteiger partial charge in [0.1, 0.15) is 6.10 Å². The van der Waals surface area contributed by atoms with Gasteiger partial charge in [-0.25, -0.2) is 0 Å². The smallest absolute Gasteiger partial charge is 0.249 e. The molecule has 0 aromatic carbocycles. The van der Waals surface area contributed by atoms with Gasteiger partial charge in [-0.1, -0.05) is 6.92 Å². The van der Waals surface area contributed by atoms with Crippen molar-refractivity contribution in [1.82, 2.24) is 5.32 Å². The number of hydrogen-bond donors (Lipinski definition) is 1. The maximum absolute atomic E-state index is 12.5. The molecule has 3 aliphatic rings. The number of carbonyl (C=O) groups excluding carboxylic acids is 1. The highest BCUT2D eigenvalue weighted by Gasteiger charge is 2.54. The Morgan fingerprint density at radius 3 is 2.43 bits per heavy atom. The first-order chi connectivity index (χ1) is 10.2. The zero-order valence-electron chi connectivity index (χ0n) is 13.4. The third-order valence-corrected chi connectivity index (χ3v) is 5.48. The SMILES string of the molecule is CCC(NC(=O)C(C)OCC1CCCO1)(C1CC1)C1CC1. The molecule has 2 atom stereocenters. The van der Waals surface area contributed by atoms with Crippen molar-refractivity contribution in [2.45, 2.75) is 76.5 Å². The van der Waals surface area contributed by atoms with Gasteiger partial charge in [0.15, 0.2) is 0 Å². The molecular weight excluding hydrogens is 266 g/mol. The zero-order valence-corrected chi connectivity index (χ0v) is 13.4. The topological polar surface area (TPSA) is 47.6 Å². The number of carbonyl (C=O) groups is 1. The summed E-state index contributed by atoms with van der Waals surface area (Å²) >= 11 is 0. The molecule has 0 bridgehead atoms. The van der Waals surface area contributed by atoms with E-state index in [1.165, 1.54) is 25.7 Å². The van der Waals surface area contributed by atoms with E-state index in [2.05, 4.69) is 12.2 Å². The fourth-order valence-electron chi connectivity index (χ4n) is 3.83. The predicted molar refractivity (Wildman–Crippen MR) is 81.0 cm³/mol. The molecule has 120 valence electrons. The van der Waals surface area contributed by atoms with Crippen LogP contribution in [0.3, 0.4) is 0 Å². The third-order valence-electron chi connectivity index (χ3n) is 5.48. The molecule has 4 nitrogen and oxygen atoms in total. The molecule has 4 heteroatoms. The molecule has 3 fully saturated rings. The summed E-state index contributed by atoms with van der Waals surface area (Å²) in [5, 5.41) is 3.37. The van der Waals surface area contributed by atoms with Gasteiger partial charge in [-0.3, -0.25) is 4.79 Å². The number of nitrogens with one attached hydrogen (secondary N) is 1. The van der Waals surface area contributed by atoms with Gasteiger partial charge in [-0.05, 0) is 63.7 Å². The van der Waals surface area contributed by atoms with Crippen LogP contribution >= 0.6 is 0 Å². The minimum atomic E-state index is -0.377. The summed E-state index contributed by atoms with van der Waals surface area (Å²) in [5.74, 6) is 1.46.